The van der Waals surface area contributed by atoms with E-state index in [1.807, 2.05) is 26.8 Å². The summed E-state index contributed by atoms with van der Waals surface area (Å²) in [6.45, 7) is 6.57. The molecule has 0 spiro atoms. The molecule has 0 radical (unpaired) electrons. The molecule has 0 fully saturated rings. The third-order valence-electron chi connectivity index (χ3n) is 3.39. The van der Waals surface area contributed by atoms with Crippen molar-refractivity contribution < 1.29 is 8.78 Å². The molecular formula is C16H19F2N3. The van der Waals surface area contributed by atoms with Crippen LogP contribution in [0.15, 0.2) is 24.3 Å². The van der Waals surface area contributed by atoms with Gasteiger partial charge in [0.1, 0.15) is 0 Å². The number of nitrogens with zero attached hydrogens (tertiary/aromatic N) is 2. The fourth-order valence-corrected chi connectivity index (χ4v) is 2.36. The number of rotatable bonds is 5. The molecule has 2 rings (SSSR count). The molecule has 112 valence electrons. The van der Waals surface area contributed by atoms with Crippen LogP contribution in [0, 0.1) is 25.5 Å². The molecule has 0 aliphatic carbocycles. The molecule has 0 aliphatic heterocycles. The van der Waals surface area contributed by atoms with Crippen LogP contribution in [0.2, 0.25) is 0 Å². The average Bonchev–Trinajstić information content (AvgIpc) is 2.45. The SMILES string of the molecule is CCNC(Cc1ccc(F)c(F)c1)c1cc(C)nnc1C. The highest BCUT2D eigenvalue weighted by atomic mass is 19.2. The molecule has 1 unspecified atom stereocenters. The van der Waals surface area contributed by atoms with Gasteiger partial charge in [-0.05, 0) is 56.1 Å². The molecule has 3 nitrogen and oxygen atoms in total. The van der Waals surface area contributed by atoms with Crippen molar-refractivity contribution in [3.63, 3.8) is 0 Å². The van der Waals surface area contributed by atoms with E-state index in [4.69, 9.17) is 0 Å². The Bertz CT molecular complexity index is 629. The monoisotopic (exact) mass is 291 g/mol. The van der Waals surface area contributed by atoms with Gasteiger partial charge in [-0.2, -0.15) is 10.2 Å². The molecule has 21 heavy (non-hydrogen) atoms. The fourth-order valence-electron chi connectivity index (χ4n) is 2.36. The Labute approximate surface area is 123 Å². The molecule has 2 aromatic rings. The van der Waals surface area contributed by atoms with E-state index < -0.39 is 11.6 Å². The van der Waals surface area contributed by atoms with Gasteiger partial charge in [-0.3, -0.25) is 0 Å². The molecule has 1 aromatic carbocycles. The first-order valence-electron chi connectivity index (χ1n) is 6.99. The largest absolute Gasteiger partial charge is 0.310 e. The first-order valence-corrected chi connectivity index (χ1v) is 6.99. The normalized spacial score (nSPS) is 12.4. The van der Waals surface area contributed by atoms with E-state index in [0.29, 0.717) is 6.42 Å². The van der Waals surface area contributed by atoms with Crippen molar-refractivity contribution in [1.82, 2.24) is 15.5 Å². The molecule has 1 heterocycles. The Kier molecular flexibility index (Phi) is 4.96. The van der Waals surface area contributed by atoms with Crippen LogP contribution in [0.25, 0.3) is 0 Å². The number of likely N-dealkylation sites (N-methyl/N-ethyl adjacent to an activating group) is 1. The number of aromatic nitrogens is 2. The Morgan fingerprint density at radius 2 is 1.86 bits per heavy atom. The van der Waals surface area contributed by atoms with E-state index in [1.54, 1.807) is 6.07 Å². The van der Waals surface area contributed by atoms with Crippen molar-refractivity contribution in [2.75, 3.05) is 6.54 Å². The maximum Gasteiger partial charge on any atom is 0.159 e. The van der Waals surface area contributed by atoms with Crippen molar-refractivity contribution in [1.29, 1.82) is 0 Å². The summed E-state index contributed by atoms with van der Waals surface area (Å²) < 4.78 is 26.4. The summed E-state index contributed by atoms with van der Waals surface area (Å²) in [5.74, 6) is -1.64. The van der Waals surface area contributed by atoms with Crippen LogP contribution in [0.5, 0.6) is 0 Å². The van der Waals surface area contributed by atoms with Crippen molar-refractivity contribution in [2.24, 2.45) is 0 Å². The molecule has 0 bridgehead atoms. The summed E-state index contributed by atoms with van der Waals surface area (Å²) in [5.41, 5.74) is 3.46. The van der Waals surface area contributed by atoms with Crippen LogP contribution in [-0.2, 0) is 6.42 Å². The second kappa shape index (κ2) is 6.72. The van der Waals surface area contributed by atoms with E-state index in [-0.39, 0.29) is 6.04 Å². The quantitative estimate of drug-likeness (QED) is 0.919. The molecule has 0 saturated heterocycles. The lowest BCUT2D eigenvalue weighted by Gasteiger charge is -2.20. The number of halogens is 2. The van der Waals surface area contributed by atoms with Gasteiger partial charge in [0.15, 0.2) is 11.6 Å². The summed E-state index contributed by atoms with van der Waals surface area (Å²) in [6, 6.07) is 6.00. The van der Waals surface area contributed by atoms with Crippen LogP contribution < -0.4 is 5.32 Å². The average molecular weight is 291 g/mol. The second-order valence-corrected chi connectivity index (χ2v) is 5.09. The van der Waals surface area contributed by atoms with Crippen molar-refractivity contribution >= 4 is 0 Å². The predicted molar refractivity (Wildman–Crippen MR) is 78.0 cm³/mol. The van der Waals surface area contributed by atoms with Crippen LogP contribution in [0.1, 0.15) is 35.5 Å². The lowest BCUT2D eigenvalue weighted by molar-refractivity contribution is 0.502. The van der Waals surface area contributed by atoms with E-state index in [2.05, 4.69) is 15.5 Å². The molecule has 1 N–H and O–H groups in total. The van der Waals surface area contributed by atoms with E-state index >= 15 is 0 Å². The van der Waals surface area contributed by atoms with Crippen LogP contribution >= 0.6 is 0 Å². The smallest absolute Gasteiger partial charge is 0.159 e. The maximum absolute atomic E-state index is 13.3. The summed E-state index contributed by atoms with van der Waals surface area (Å²) in [7, 11) is 0. The van der Waals surface area contributed by atoms with Crippen LogP contribution in [0.3, 0.4) is 0 Å². The lowest BCUT2D eigenvalue weighted by Crippen LogP contribution is -2.24. The van der Waals surface area contributed by atoms with Crippen molar-refractivity contribution in [3.05, 3.63) is 58.4 Å². The Hall–Kier alpha value is -1.88. The highest BCUT2D eigenvalue weighted by Crippen LogP contribution is 2.22. The molecule has 0 aliphatic rings. The second-order valence-electron chi connectivity index (χ2n) is 5.09. The van der Waals surface area contributed by atoms with Gasteiger partial charge >= 0.3 is 0 Å². The van der Waals surface area contributed by atoms with Crippen LogP contribution in [0.4, 0.5) is 8.78 Å². The number of benzene rings is 1. The van der Waals surface area contributed by atoms with Crippen LogP contribution in [-0.4, -0.2) is 16.7 Å². The van der Waals surface area contributed by atoms with Crippen molar-refractivity contribution in [3.8, 4) is 0 Å². The van der Waals surface area contributed by atoms with Gasteiger partial charge in [0.2, 0.25) is 0 Å². The van der Waals surface area contributed by atoms with Gasteiger partial charge in [-0.25, -0.2) is 8.78 Å². The van der Waals surface area contributed by atoms with Gasteiger partial charge in [0.25, 0.3) is 0 Å². The van der Waals surface area contributed by atoms with Gasteiger partial charge in [-0.15, -0.1) is 0 Å². The van der Waals surface area contributed by atoms with Gasteiger partial charge in [-0.1, -0.05) is 13.0 Å². The standard InChI is InChI=1S/C16H19F2N3/c1-4-19-16(13-7-10(2)20-21-11(13)3)9-12-5-6-14(17)15(18)8-12/h5-8,16,19H,4,9H2,1-3H3. The first kappa shape index (κ1) is 15.5. The minimum atomic E-state index is -0.823. The van der Waals surface area contributed by atoms with Gasteiger partial charge < -0.3 is 5.32 Å². The van der Waals surface area contributed by atoms with Crippen molar-refractivity contribution in [2.45, 2.75) is 33.2 Å². The minimum absolute atomic E-state index is 0.00550. The zero-order chi connectivity index (χ0) is 15.4. The van der Waals surface area contributed by atoms with E-state index in [1.165, 1.54) is 6.07 Å². The maximum atomic E-state index is 13.3. The topological polar surface area (TPSA) is 37.8 Å². The first-order chi connectivity index (χ1) is 10.0. The highest BCUT2D eigenvalue weighted by Gasteiger charge is 2.16. The minimum Gasteiger partial charge on any atom is -0.310 e. The number of aryl methyl sites for hydroxylation is 2. The number of nitrogens with one attached hydrogen (secondary N) is 1. The zero-order valence-electron chi connectivity index (χ0n) is 12.5. The van der Waals surface area contributed by atoms with Gasteiger partial charge in [0, 0.05) is 6.04 Å². The summed E-state index contributed by atoms with van der Waals surface area (Å²) in [4.78, 5) is 0. The van der Waals surface area contributed by atoms with E-state index in [9.17, 15) is 8.78 Å². The highest BCUT2D eigenvalue weighted by molar-refractivity contribution is 5.27. The van der Waals surface area contributed by atoms with E-state index in [0.717, 1.165) is 35.1 Å². The molecule has 5 heteroatoms. The number of hydrogen-bond acceptors (Lipinski definition) is 3. The Morgan fingerprint density at radius 3 is 2.52 bits per heavy atom. The predicted octanol–water partition coefficient (Wildman–Crippen LogP) is 3.26. The number of hydrogen-bond donors (Lipinski definition) is 1. The molecule has 1 atom stereocenters. The summed E-state index contributed by atoms with van der Waals surface area (Å²) >= 11 is 0. The molecule has 0 amide bonds. The lowest BCUT2D eigenvalue weighted by atomic mass is 9.97. The molecular weight excluding hydrogens is 272 g/mol. The summed E-state index contributed by atoms with van der Waals surface area (Å²) in [6.07, 6.45) is 0.566. The zero-order valence-corrected chi connectivity index (χ0v) is 12.5. The third kappa shape index (κ3) is 3.82. The molecule has 0 saturated carbocycles. The van der Waals surface area contributed by atoms with Gasteiger partial charge in [0.05, 0.1) is 11.4 Å². The third-order valence-corrected chi connectivity index (χ3v) is 3.39. The molecule has 1 aromatic heterocycles. The Balaban J connectivity index is 2.30. The fraction of sp³-hybridized carbons (Fsp3) is 0.375. The summed E-state index contributed by atoms with van der Waals surface area (Å²) in [5, 5.41) is 11.5. The Morgan fingerprint density at radius 1 is 1.10 bits per heavy atom.